The molecule has 0 spiro atoms. The summed E-state index contributed by atoms with van der Waals surface area (Å²) in [5.74, 6) is -0.0181. The average Bonchev–Trinajstić information content (AvgIpc) is 2.53. The van der Waals surface area contributed by atoms with Crippen molar-refractivity contribution in [1.29, 1.82) is 0 Å². The fraction of sp³-hybridized carbons (Fsp3) is 0.235. The van der Waals surface area contributed by atoms with E-state index in [0.29, 0.717) is 12.1 Å². The van der Waals surface area contributed by atoms with Crippen molar-refractivity contribution in [2.45, 2.75) is 12.5 Å². The maximum Gasteiger partial charge on any atom is 0.251 e. The van der Waals surface area contributed by atoms with Gasteiger partial charge in [-0.05, 0) is 36.2 Å². The van der Waals surface area contributed by atoms with Crippen LogP contribution in [-0.2, 0) is 6.42 Å². The number of amides is 1. The predicted octanol–water partition coefficient (Wildman–Crippen LogP) is 2.30. The maximum absolute atomic E-state index is 12.1. The lowest BCUT2D eigenvalue weighted by Gasteiger charge is -2.27. The van der Waals surface area contributed by atoms with Crippen LogP contribution in [0.1, 0.15) is 27.5 Å². The molecule has 3 heteroatoms. The zero-order valence-electron chi connectivity index (χ0n) is 11.3. The summed E-state index contributed by atoms with van der Waals surface area (Å²) in [7, 11) is 0. The first-order chi connectivity index (χ1) is 9.84. The van der Waals surface area contributed by atoms with Crippen molar-refractivity contribution in [1.82, 2.24) is 10.6 Å². The SMILES string of the molecule is O=C(NCC1NCCc2ccccc21)c1ccccc1. The molecule has 1 atom stereocenters. The molecule has 102 valence electrons. The highest BCUT2D eigenvalue weighted by atomic mass is 16.1. The topological polar surface area (TPSA) is 41.1 Å². The van der Waals surface area contributed by atoms with Gasteiger partial charge >= 0.3 is 0 Å². The predicted molar refractivity (Wildman–Crippen MR) is 79.7 cm³/mol. The molecule has 0 saturated carbocycles. The highest BCUT2D eigenvalue weighted by Gasteiger charge is 2.19. The lowest BCUT2D eigenvalue weighted by Crippen LogP contribution is -2.38. The molecular formula is C17H18N2O. The van der Waals surface area contributed by atoms with E-state index in [1.165, 1.54) is 11.1 Å². The van der Waals surface area contributed by atoms with E-state index in [1.807, 2.05) is 30.3 Å². The first-order valence-corrected chi connectivity index (χ1v) is 6.99. The van der Waals surface area contributed by atoms with Gasteiger partial charge < -0.3 is 10.6 Å². The highest BCUT2D eigenvalue weighted by molar-refractivity contribution is 5.94. The summed E-state index contributed by atoms with van der Waals surface area (Å²) < 4.78 is 0. The van der Waals surface area contributed by atoms with Crippen molar-refractivity contribution in [2.75, 3.05) is 13.1 Å². The summed E-state index contributed by atoms with van der Waals surface area (Å²) in [4.78, 5) is 12.1. The van der Waals surface area contributed by atoms with Crippen LogP contribution in [0.5, 0.6) is 0 Å². The molecule has 2 aromatic carbocycles. The second-order valence-electron chi connectivity index (χ2n) is 5.03. The third kappa shape index (κ3) is 2.73. The lowest BCUT2D eigenvalue weighted by molar-refractivity contribution is 0.0949. The van der Waals surface area contributed by atoms with E-state index in [1.54, 1.807) is 0 Å². The molecule has 1 unspecified atom stereocenters. The van der Waals surface area contributed by atoms with Crippen LogP contribution in [0.4, 0.5) is 0 Å². The molecule has 0 saturated heterocycles. The summed E-state index contributed by atoms with van der Waals surface area (Å²) in [5.41, 5.74) is 3.38. The maximum atomic E-state index is 12.1. The Morgan fingerprint density at radius 1 is 1.10 bits per heavy atom. The molecule has 1 heterocycles. The molecule has 20 heavy (non-hydrogen) atoms. The molecule has 1 aliphatic rings. The monoisotopic (exact) mass is 266 g/mol. The second kappa shape index (κ2) is 5.88. The van der Waals surface area contributed by atoms with E-state index < -0.39 is 0 Å². The smallest absolute Gasteiger partial charge is 0.251 e. The molecule has 0 aliphatic carbocycles. The van der Waals surface area contributed by atoms with Crippen molar-refractivity contribution in [2.24, 2.45) is 0 Å². The molecule has 0 aromatic heterocycles. The van der Waals surface area contributed by atoms with E-state index in [0.717, 1.165) is 13.0 Å². The van der Waals surface area contributed by atoms with Crippen LogP contribution in [0.15, 0.2) is 54.6 Å². The number of carbonyl (C=O) groups is 1. The molecule has 1 aliphatic heterocycles. The van der Waals surface area contributed by atoms with Crippen molar-refractivity contribution < 1.29 is 4.79 Å². The van der Waals surface area contributed by atoms with Crippen molar-refractivity contribution in [3.8, 4) is 0 Å². The Morgan fingerprint density at radius 3 is 2.70 bits per heavy atom. The van der Waals surface area contributed by atoms with Gasteiger partial charge in [0.1, 0.15) is 0 Å². The highest BCUT2D eigenvalue weighted by Crippen LogP contribution is 2.21. The van der Waals surface area contributed by atoms with Gasteiger partial charge in [0, 0.05) is 18.2 Å². The van der Waals surface area contributed by atoms with Gasteiger partial charge in [0.15, 0.2) is 0 Å². The minimum atomic E-state index is -0.0181. The quantitative estimate of drug-likeness (QED) is 0.895. The van der Waals surface area contributed by atoms with E-state index in [4.69, 9.17) is 0 Å². The Kier molecular flexibility index (Phi) is 3.79. The number of benzene rings is 2. The van der Waals surface area contributed by atoms with Gasteiger partial charge in [-0.3, -0.25) is 4.79 Å². The van der Waals surface area contributed by atoms with Crippen molar-refractivity contribution >= 4 is 5.91 Å². The Labute approximate surface area is 119 Å². The van der Waals surface area contributed by atoms with Crippen LogP contribution in [0.3, 0.4) is 0 Å². The molecule has 3 nitrogen and oxygen atoms in total. The second-order valence-corrected chi connectivity index (χ2v) is 5.03. The van der Waals surface area contributed by atoms with Crippen LogP contribution in [-0.4, -0.2) is 19.0 Å². The fourth-order valence-corrected chi connectivity index (χ4v) is 2.66. The molecule has 0 fully saturated rings. The molecular weight excluding hydrogens is 248 g/mol. The van der Waals surface area contributed by atoms with Gasteiger partial charge in [-0.15, -0.1) is 0 Å². The van der Waals surface area contributed by atoms with E-state index in [2.05, 4.69) is 34.9 Å². The van der Waals surface area contributed by atoms with Crippen molar-refractivity contribution in [3.05, 3.63) is 71.3 Å². The summed E-state index contributed by atoms with van der Waals surface area (Å²) in [6.07, 6.45) is 1.05. The van der Waals surface area contributed by atoms with E-state index in [9.17, 15) is 4.79 Å². The molecule has 0 bridgehead atoms. The molecule has 0 radical (unpaired) electrons. The number of nitrogens with one attached hydrogen (secondary N) is 2. The molecule has 2 N–H and O–H groups in total. The fourth-order valence-electron chi connectivity index (χ4n) is 2.66. The standard InChI is InChI=1S/C17H18N2O/c20-17(14-7-2-1-3-8-14)19-12-16-15-9-5-4-6-13(15)10-11-18-16/h1-9,16,18H,10-12H2,(H,19,20). The number of fused-ring (bicyclic) bond motifs is 1. The zero-order chi connectivity index (χ0) is 13.8. The van der Waals surface area contributed by atoms with Crippen LogP contribution in [0.25, 0.3) is 0 Å². The number of carbonyl (C=O) groups excluding carboxylic acids is 1. The third-order valence-electron chi connectivity index (χ3n) is 3.72. The molecule has 1 amide bonds. The van der Waals surface area contributed by atoms with E-state index in [-0.39, 0.29) is 11.9 Å². The third-order valence-corrected chi connectivity index (χ3v) is 3.72. The number of hydrogen-bond donors (Lipinski definition) is 2. The van der Waals surface area contributed by atoms with Crippen LogP contribution >= 0.6 is 0 Å². The molecule has 2 aromatic rings. The van der Waals surface area contributed by atoms with Gasteiger partial charge in [0.25, 0.3) is 5.91 Å². The first kappa shape index (κ1) is 12.9. The van der Waals surface area contributed by atoms with Gasteiger partial charge in [-0.2, -0.15) is 0 Å². The summed E-state index contributed by atoms with van der Waals surface area (Å²) in [6.45, 7) is 1.58. The van der Waals surface area contributed by atoms with Gasteiger partial charge in [-0.1, -0.05) is 42.5 Å². The lowest BCUT2D eigenvalue weighted by atomic mass is 9.94. The minimum absolute atomic E-state index is 0.0181. The molecule has 3 rings (SSSR count). The van der Waals surface area contributed by atoms with Gasteiger partial charge in [0.2, 0.25) is 0 Å². The minimum Gasteiger partial charge on any atom is -0.350 e. The van der Waals surface area contributed by atoms with Crippen molar-refractivity contribution in [3.63, 3.8) is 0 Å². The summed E-state index contributed by atoms with van der Waals surface area (Å²) in [5, 5.41) is 6.48. The number of hydrogen-bond acceptors (Lipinski definition) is 2. The largest absolute Gasteiger partial charge is 0.350 e. The van der Waals surface area contributed by atoms with Crippen LogP contribution < -0.4 is 10.6 Å². The first-order valence-electron chi connectivity index (χ1n) is 6.99. The van der Waals surface area contributed by atoms with Crippen LogP contribution in [0, 0.1) is 0 Å². The Bertz CT molecular complexity index is 595. The van der Waals surface area contributed by atoms with Crippen LogP contribution in [0.2, 0.25) is 0 Å². The van der Waals surface area contributed by atoms with Gasteiger partial charge in [0.05, 0.1) is 0 Å². The summed E-state index contributed by atoms with van der Waals surface area (Å²) >= 11 is 0. The number of rotatable bonds is 3. The zero-order valence-corrected chi connectivity index (χ0v) is 11.3. The van der Waals surface area contributed by atoms with Gasteiger partial charge in [-0.25, -0.2) is 0 Å². The van der Waals surface area contributed by atoms with E-state index >= 15 is 0 Å². The summed E-state index contributed by atoms with van der Waals surface area (Å²) in [6, 6.07) is 18.0. The Morgan fingerprint density at radius 2 is 1.85 bits per heavy atom. The Hall–Kier alpha value is -2.13. The Balaban J connectivity index is 1.67. The normalized spacial score (nSPS) is 17.3. The average molecular weight is 266 g/mol.